The molecule has 1 N–H and O–H groups in total. The zero-order chi connectivity index (χ0) is 18.2. The van der Waals surface area contributed by atoms with Crippen LogP contribution in [0.2, 0.25) is 0 Å². The Hall–Kier alpha value is -2.81. The molecular weight excluding hydrogens is 308 g/mol. The van der Waals surface area contributed by atoms with Gasteiger partial charge in [0.2, 0.25) is 0 Å². The maximum Gasteiger partial charge on any atom is 0.269 e. The number of fused-ring (bicyclic) bond motifs is 1. The van der Waals surface area contributed by atoms with Crippen LogP contribution in [0.5, 0.6) is 0 Å². The van der Waals surface area contributed by atoms with Crippen LogP contribution in [-0.2, 0) is 5.54 Å². The Morgan fingerprint density at radius 1 is 1.12 bits per heavy atom. The molecule has 3 rings (SSSR count). The molecule has 3 heteroatoms. The van der Waals surface area contributed by atoms with Crippen molar-refractivity contribution >= 4 is 17.0 Å². The van der Waals surface area contributed by atoms with Gasteiger partial charge in [0.25, 0.3) is 5.91 Å². The van der Waals surface area contributed by atoms with Crippen LogP contribution in [0, 0.1) is 6.92 Å². The monoisotopic (exact) mass is 332 g/mol. The molecule has 1 aromatic carbocycles. The molecule has 0 spiro atoms. The Kier molecular flexibility index (Phi) is 4.25. The largest absolute Gasteiger partial charge is 0.342 e. The van der Waals surface area contributed by atoms with E-state index in [9.17, 15) is 4.79 Å². The van der Waals surface area contributed by atoms with Crippen LogP contribution in [-0.4, -0.2) is 10.3 Å². The lowest BCUT2D eigenvalue weighted by atomic mass is 9.91. The zero-order valence-corrected chi connectivity index (χ0v) is 15.3. The van der Waals surface area contributed by atoms with Gasteiger partial charge in [-0.25, -0.2) is 0 Å². The van der Waals surface area contributed by atoms with Gasteiger partial charge in [0.1, 0.15) is 5.69 Å². The molecule has 1 amide bonds. The summed E-state index contributed by atoms with van der Waals surface area (Å²) in [6.07, 6.45) is 1.92. The van der Waals surface area contributed by atoms with E-state index in [4.69, 9.17) is 0 Å². The number of nitrogens with zero attached hydrogens (tertiary/aromatic N) is 1. The zero-order valence-electron chi connectivity index (χ0n) is 15.3. The summed E-state index contributed by atoms with van der Waals surface area (Å²) in [4.78, 5) is 13.0. The lowest BCUT2D eigenvalue weighted by Crippen LogP contribution is -2.41. The van der Waals surface area contributed by atoms with E-state index >= 15 is 0 Å². The summed E-state index contributed by atoms with van der Waals surface area (Å²) in [5.41, 5.74) is 5.33. The van der Waals surface area contributed by atoms with Crippen molar-refractivity contribution in [2.24, 2.45) is 0 Å². The minimum Gasteiger partial charge on any atom is -0.342 e. The van der Waals surface area contributed by atoms with Gasteiger partial charge >= 0.3 is 0 Å². The molecule has 2 heterocycles. The number of hydrogen-bond acceptors (Lipinski definition) is 1. The highest BCUT2D eigenvalue weighted by molar-refractivity contribution is 5.96. The fraction of sp³-hybridized carbons (Fsp3) is 0.227. The summed E-state index contributed by atoms with van der Waals surface area (Å²) in [5.74, 6) is -0.0746. The SMILES string of the molecule is C=C(C)c1cccc(C(C)(C)NC(=O)c2c(C)cc3ccccn23)c1. The molecule has 0 atom stereocenters. The van der Waals surface area contributed by atoms with Crippen molar-refractivity contribution in [2.45, 2.75) is 33.2 Å². The van der Waals surface area contributed by atoms with Crippen LogP contribution in [0.15, 0.2) is 61.3 Å². The van der Waals surface area contributed by atoms with Crippen LogP contribution in [0.4, 0.5) is 0 Å². The Bertz CT molecular complexity index is 963. The molecular formula is C22H24N2O. The normalized spacial score (nSPS) is 11.5. The van der Waals surface area contributed by atoms with Gasteiger partial charge in [-0.1, -0.05) is 36.4 Å². The predicted molar refractivity (Wildman–Crippen MR) is 104 cm³/mol. The lowest BCUT2D eigenvalue weighted by Gasteiger charge is -2.27. The summed E-state index contributed by atoms with van der Waals surface area (Å²) >= 11 is 0. The highest BCUT2D eigenvalue weighted by Gasteiger charge is 2.26. The highest BCUT2D eigenvalue weighted by atomic mass is 16.2. The van der Waals surface area contributed by atoms with Crippen LogP contribution < -0.4 is 5.32 Å². The fourth-order valence-electron chi connectivity index (χ4n) is 3.13. The number of carbonyl (C=O) groups excluding carboxylic acids is 1. The van der Waals surface area contributed by atoms with E-state index in [1.165, 1.54) is 0 Å². The van der Waals surface area contributed by atoms with Crippen molar-refractivity contribution in [3.63, 3.8) is 0 Å². The third-order valence-corrected chi connectivity index (χ3v) is 4.59. The molecule has 0 bridgehead atoms. The maximum atomic E-state index is 13.0. The number of hydrogen-bond donors (Lipinski definition) is 1. The number of rotatable bonds is 4. The molecule has 3 aromatic rings. The van der Waals surface area contributed by atoms with E-state index in [0.717, 1.165) is 27.8 Å². The van der Waals surface area contributed by atoms with Crippen molar-refractivity contribution in [1.82, 2.24) is 9.72 Å². The average Bonchev–Trinajstić information content (AvgIpc) is 2.90. The molecule has 0 aliphatic rings. The minimum atomic E-state index is -0.492. The van der Waals surface area contributed by atoms with Crippen molar-refractivity contribution in [2.75, 3.05) is 0 Å². The number of pyridine rings is 1. The summed E-state index contributed by atoms with van der Waals surface area (Å²) in [6, 6.07) is 16.1. The van der Waals surface area contributed by atoms with E-state index < -0.39 is 5.54 Å². The van der Waals surface area contributed by atoms with Crippen LogP contribution in [0.3, 0.4) is 0 Å². The number of amides is 1. The Labute approximate surface area is 149 Å². The molecule has 128 valence electrons. The van der Waals surface area contributed by atoms with Gasteiger partial charge in [-0.05, 0) is 68.7 Å². The van der Waals surface area contributed by atoms with E-state index in [1.807, 2.05) is 80.8 Å². The van der Waals surface area contributed by atoms with Crippen molar-refractivity contribution in [1.29, 1.82) is 0 Å². The highest BCUT2D eigenvalue weighted by Crippen LogP contribution is 2.25. The van der Waals surface area contributed by atoms with Gasteiger partial charge in [0.05, 0.1) is 5.54 Å². The summed E-state index contributed by atoms with van der Waals surface area (Å²) < 4.78 is 1.94. The Balaban J connectivity index is 1.95. The maximum absolute atomic E-state index is 13.0. The predicted octanol–water partition coefficient (Wildman–Crippen LogP) is 4.95. The number of aryl methyl sites for hydroxylation is 1. The molecule has 0 unspecified atom stereocenters. The van der Waals surface area contributed by atoms with Gasteiger partial charge < -0.3 is 9.72 Å². The first-order valence-corrected chi connectivity index (χ1v) is 8.45. The fourth-order valence-corrected chi connectivity index (χ4v) is 3.13. The van der Waals surface area contributed by atoms with Crippen LogP contribution in [0.25, 0.3) is 11.1 Å². The first kappa shape index (κ1) is 17.0. The van der Waals surface area contributed by atoms with Crippen molar-refractivity contribution < 1.29 is 4.79 Å². The first-order chi connectivity index (χ1) is 11.8. The van der Waals surface area contributed by atoms with Gasteiger partial charge in [-0.3, -0.25) is 4.79 Å². The second-order valence-corrected chi connectivity index (χ2v) is 7.11. The number of aromatic nitrogens is 1. The van der Waals surface area contributed by atoms with Crippen LogP contribution in [0.1, 0.15) is 48.0 Å². The molecule has 0 saturated heterocycles. The smallest absolute Gasteiger partial charge is 0.269 e. The van der Waals surface area contributed by atoms with E-state index in [1.54, 1.807) is 0 Å². The number of carbonyl (C=O) groups is 1. The topological polar surface area (TPSA) is 33.5 Å². The van der Waals surface area contributed by atoms with Crippen LogP contribution >= 0.6 is 0 Å². The van der Waals surface area contributed by atoms with Crippen molar-refractivity contribution in [3.05, 3.63) is 83.7 Å². The van der Waals surface area contributed by atoms with E-state index in [0.29, 0.717) is 5.69 Å². The lowest BCUT2D eigenvalue weighted by molar-refractivity contribution is 0.0905. The third-order valence-electron chi connectivity index (χ3n) is 4.59. The van der Waals surface area contributed by atoms with Gasteiger partial charge in [0.15, 0.2) is 0 Å². The van der Waals surface area contributed by atoms with E-state index in [2.05, 4.69) is 18.0 Å². The Morgan fingerprint density at radius 3 is 2.60 bits per heavy atom. The molecule has 0 fully saturated rings. The van der Waals surface area contributed by atoms with E-state index in [-0.39, 0.29) is 5.91 Å². The second kappa shape index (κ2) is 6.25. The minimum absolute atomic E-state index is 0.0746. The van der Waals surface area contributed by atoms with Gasteiger partial charge in [0, 0.05) is 11.7 Å². The second-order valence-electron chi connectivity index (χ2n) is 7.11. The van der Waals surface area contributed by atoms with Gasteiger partial charge in [-0.15, -0.1) is 0 Å². The average molecular weight is 332 g/mol. The molecule has 0 aliphatic heterocycles. The number of benzene rings is 1. The molecule has 3 nitrogen and oxygen atoms in total. The quantitative estimate of drug-likeness (QED) is 0.721. The molecule has 0 aliphatic carbocycles. The molecule has 2 aromatic heterocycles. The van der Waals surface area contributed by atoms with Crippen molar-refractivity contribution in [3.8, 4) is 0 Å². The summed E-state index contributed by atoms with van der Waals surface area (Å²) in [6.45, 7) is 12.0. The molecule has 0 radical (unpaired) electrons. The third kappa shape index (κ3) is 3.22. The summed E-state index contributed by atoms with van der Waals surface area (Å²) in [7, 11) is 0. The number of nitrogens with one attached hydrogen (secondary N) is 1. The number of allylic oxidation sites excluding steroid dienone is 1. The molecule has 0 saturated carbocycles. The van der Waals surface area contributed by atoms with Gasteiger partial charge in [-0.2, -0.15) is 0 Å². The Morgan fingerprint density at radius 2 is 1.88 bits per heavy atom. The molecule has 25 heavy (non-hydrogen) atoms. The first-order valence-electron chi connectivity index (χ1n) is 8.45. The standard InChI is InChI=1S/C22H24N2O/c1-15(2)17-9-8-10-18(14-17)22(4,5)23-21(25)20-16(3)13-19-11-6-7-12-24(19)20/h6-14H,1H2,2-5H3,(H,23,25). The summed E-state index contributed by atoms with van der Waals surface area (Å²) in [5, 5.41) is 3.18.